The van der Waals surface area contributed by atoms with Gasteiger partial charge in [0.2, 0.25) is 11.5 Å². The van der Waals surface area contributed by atoms with Gasteiger partial charge in [-0.15, -0.1) is 0 Å². The van der Waals surface area contributed by atoms with Gasteiger partial charge in [0.1, 0.15) is 0 Å². The number of furan rings is 1. The molecule has 0 bridgehead atoms. The molecule has 0 aliphatic rings. The predicted octanol–water partition coefficient (Wildman–Crippen LogP) is 3.06. The minimum absolute atomic E-state index is 0.0438. The smallest absolute Gasteiger partial charge is 0.371 e. The molecule has 1 aromatic heterocycles. The molecule has 0 unspecified atom stereocenters. The van der Waals surface area contributed by atoms with E-state index in [-0.39, 0.29) is 23.7 Å². The van der Waals surface area contributed by atoms with Gasteiger partial charge in [0.15, 0.2) is 5.76 Å². The largest absolute Gasteiger partial charge is 0.475 e. The van der Waals surface area contributed by atoms with Crippen molar-refractivity contribution in [3.63, 3.8) is 0 Å². The zero-order chi connectivity index (χ0) is 13.1. The second-order valence-corrected chi connectivity index (χ2v) is 4.13. The number of Topliss-reactive ketones (excluding diaryl/α,β-unsaturated/α-hetero) is 1. The fourth-order valence-electron chi connectivity index (χ4n) is 1.48. The lowest BCUT2D eigenvalue weighted by molar-refractivity contribution is 0.0660. The lowest BCUT2D eigenvalue weighted by atomic mass is 10.1. The molecule has 5 heteroatoms. The Hall–Kier alpha value is -2.07. The van der Waals surface area contributed by atoms with Crippen molar-refractivity contribution < 1.29 is 19.1 Å². The number of hydrogen-bond acceptors (Lipinski definition) is 3. The maximum absolute atomic E-state index is 11.8. The Morgan fingerprint density at radius 2 is 1.67 bits per heavy atom. The molecule has 0 saturated heterocycles. The van der Waals surface area contributed by atoms with Crippen LogP contribution < -0.4 is 0 Å². The minimum Gasteiger partial charge on any atom is -0.475 e. The number of aromatic carboxylic acids is 1. The van der Waals surface area contributed by atoms with Crippen molar-refractivity contribution in [2.45, 2.75) is 6.42 Å². The van der Waals surface area contributed by atoms with Gasteiger partial charge in [-0.05, 0) is 29.8 Å². The van der Waals surface area contributed by atoms with Gasteiger partial charge in [0, 0.05) is 11.4 Å². The Bertz CT molecular complexity index is 583. The van der Waals surface area contributed by atoms with Crippen LogP contribution >= 0.6 is 11.6 Å². The summed E-state index contributed by atoms with van der Waals surface area (Å²) in [5, 5.41) is 9.28. The summed E-state index contributed by atoms with van der Waals surface area (Å²) >= 11 is 5.73. The molecule has 0 atom stereocenters. The molecule has 0 fully saturated rings. The first kappa shape index (κ1) is 12.4. The van der Waals surface area contributed by atoms with E-state index in [0.29, 0.717) is 5.02 Å². The molecule has 2 rings (SSSR count). The highest BCUT2D eigenvalue weighted by atomic mass is 35.5. The average Bonchev–Trinajstić information content (AvgIpc) is 2.81. The molecule has 0 aliphatic carbocycles. The van der Waals surface area contributed by atoms with E-state index >= 15 is 0 Å². The zero-order valence-electron chi connectivity index (χ0n) is 9.22. The standard InChI is InChI=1S/C13H9ClO4/c14-9-3-1-8(2-4-9)7-10(15)11-5-6-12(18-11)13(16)17/h1-6H,7H2,(H,16,17). The fourth-order valence-corrected chi connectivity index (χ4v) is 1.60. The molecular formula is C13H9ClO4. The Kier molecular flexibility index (Phi) is 3.48. The lowest BCUT2D eigenvalue weighted by Crippen LogP contribution is -2.02. The SMILES string of the molecule is O=C(O)c1ccc(C(=O)Cc2ccc(Cl)cc2)o1. The molecule has 1 N–H and O–H groups in total. The molecule has 0 amide bonds. The Morgan fingerprint density at radius 1 is 1.06 bits per heavy atom. The quantitative estimate of drug-likeness (QED) is 0.862. The molecule has 1 aromatic carbocycles. The highest BCUT2D eigenvalue weighted by molar-refractivity contribution is 6.30. The summed E-state index contributed by atoms with van der Waals surface area (Å²) in [5.41, 5.74) is 0.790. The van der Waals surface area contributed by atoms with E-state index in [9.17, 15) is 9.59 Å². The number of carbonyl (C=O) groups is 2. The number of halogens is 1. The van der Waals surface area contributed by atoms with Gasteiger partial charge >= 0.3 is 5.97 Å². The average molecular weight is 265 g/mol. The number of carbonyl (C=O) groups excluding carboxylic acids is 1. The lowest BCUT2D eigenvalue weighted by Gasteiger charge is -1.99. The van der Waals surface area contributed by atoms with Crippen LogP contribution in [-0.2, 0) is 6.42 Å². The second-order valence-electron chi connectivity index (χ2n) is 3.70. The van der Waals surface area contributed by atoms with Gasteiger partial charge < -0.3 is 9.52 Å². The van der Waals surface area contributed by atoms with Gasteiger partial charge in [-0.2, -0.15) is 0 Å². The first-order valence-electron chi connectivity index (χ1n) is 5.17. The van der Waals surface area contributed by atoms with Crippen molar-refractivity contribution in [3.05, 3.63) is 58.5 Å². The van der Waals surface area contributed by atoms with Crippen molar-refractivity contribution in [2.75, 3.05) is 0 Å². The number of ketones is 1. The fraction of sp³-hybridized carbons (Fsp3) is 0.0769. The van der Waals surface area contributed by atoms with Crippen LogP contribution in [0.4, 0.5) is 0 Å². The summed E-state index contributed by atoms with van der Waals surface area (Å²) in [6.07, 6.45) is 0.143. The number of carboxylic acids is 1. The summed E-state index contributed by atoms with van der Waals surface area (Å²) in [7, 11) is 0. The van der Waals surface area contributed by atoms with Crippen molar-refractivity contribution in [1.29, 1.82) is 0 Å². The summed E-state index contributed by atoms with van der Waals surface area (Å²) in [6, 6.07) is 9.48. The van der Waals surface area contributed by atoms with E-state index in [2.05, 4.69) is 0 Å². The molecular weight excluding hydrogens is 256 g/mol. The first-order valence-corrected chi connectivity index (χ1v) is 5.55. The van der Waals surface area contributed by atoms with Crippen LogP contribution in [-0.4, -0.2) is 16.9 Å². The summed E-state index contributed by atoms with van der Waals surface area (Å²) in [6.45, 7) is 0. The zero-order valence-corrected chi connectivity index (χ0v) is 9.98. The van der Waals surface area contributed by atoms with Gasteiger partial charge in [-0.1, -0.05) is 23.7 Å². The van der Waals surface area contributed by atoms with E-state index < -0.39 is 5.97 Å². The number of hydrogen-bond donors (Lipinski definition) is 1. The molecule has 4 nitrogen and oxygen atoms in total. The Labute approximate surface area is 108 Å². The molecule has 0 spiro atoms. The van der Waals surface area contributed by atoms with E-state index in [1.165, 1.54) is 12.1 Å². The van der Waals surface area contributed by atoms with Crippen LogP contribution in [0.5, 0.6) is 0 Å². The topological polar surface area (TPSA) is 67.5 Å². The highest BCUT2D eigenvalue weighted by Gasteiger charge is 2.15. The maximum Gasteiger partial charge on any atom is 0.371 e. The number of rotatable bonds is 4. The first-order chi connectivity index (χ1) is 8.56. The third-order valence-corrected chi connectivity index (χ3v) is 2.62. The van der Waals surface area contributed by atoms with Crippen LogP contribution in [0, 0.1) is 0 Å². The highest BCUT2D eigenvalue weighted by Crippen LogP contribution is 2.14. The van der Waals surface area contributed by atoms with Crippen LogP contribution in [0.1, 0.15) is 26.7 Å². The number of carboxylic acid groups (broad SMARTS) is 1. The third-order valence-electron chi connectivity index (χ3n) is 2.37. The molecule has 18 heavy (non-hydrogen) atoms. The molecule has 0 radical (unpaired) electrons. The Balaban J connectivity index is 2.11. The van der Waals surface area contributed by atoms with Crippen molar-refractivity contribution in [3.8, 4) is 0 Å². The van der Waals surface area contributed by atoms with Crippen molar-refractivity contribution >= 4 is 23.4 Å². The molecule has 92 valence electrons. The molecule has 2 aromatic rings. The van der Waals surface area contributed by atoms with Gasteiger partial charge in [0.05, 0.1) is 0 Å². The molecule has 0 aliphatic heterocycles. The van der Waals surface area contributed by atoms with E-state index in [0.717, 1.165) is 5.56 Å². The molecule has 0 saturated carbocycles. The predicted molar refractivity (Wildman–Crippen MR) is 65.2 cm³/mol. The van der Waals surface area contributed by atoms with Crippen LogP contribution in [0.2, 0.25) is 5.02 Å². The maximum atomic E-state index is 11.8. The van der Waals surface area contributed by atoms with E-state index in [1.54, 1.807) is 24.3 Å². The van der Waals surface area contributed by atoms with Gasteiger partial charge in [-0.3, -0.25) is 4.79 Å². The van der Waals surface area contributed by atoms with Gasteiger partial charge in [-0.25, -0.2) is 4.79 Å². The van der Waals surface area contributed by atoms with Crippen LogP contribution in [0.25, 0.3) is 0 Å². The normalized spacial score (nSPS) is 10.3. The third kappa shape index (κ3) is 2.78. The second kappa shape index (κ2) is 5.06. The molecule has 1 heterocycles. The van der Waals surface area contributed by atoms with E-state index in [1.807, 2.05) is 0 Å². The number of benzene rings is 1. The summed E-state index contributed by atoms with van der Waals surface area (Å²) < 4.78 is 4.93. The summed E-state index contributed by atoms with van der Waals surface area (Å²) in [5.74, 6) is -1.66. The van der Waals surface area contributed by atoms with Gasteiger partial charge in [0.25, 0.3) is 0 Å². The van der Waals surface area contributed by atoms with E-state index in [4.69, 9.17) is 21.1 Å². The monoisotopic (exact) mass is 264 g/mol. The van der Waals surface area contributed by atoms with Crippen LogP contribution in [0.15, 0.2) is 40.8 Å². The van der Waals surface area contributed by atoms with Crippen molar-refractivity contribution in [2.24, 2.45) is 0 Å². The van der Waals surface area contributed by atoms with Crippen molar-refractivity contribution in [1.82, 2.24) is 0 Å². The summed E-state index contributed by atoms with van der Waals surface area (Å²) in [4.78, 5) is 22.4. The minimum atomic E-state index is -1.19. The Morgan fingerprint density at radius 3 is 2.22 bits per heavy atom. The van der Waals surface area contributed by atoms with Crippen LogP contribution in [0.3, 0.4) is 0 Å².